The van der Waals surface area contributed by atoms with E-state index in [1.54, 1.807) is 0 Å². The van der Waals surface area contributed by atoms with Gasteiger partial charge in [-0.3, -0.25) is 0 Å². The van der Waals surface area contributed by atoms with Crippen LogP contribution in [0.25, 0.3) is 0 Å². The van der Waals surface area contributed by atoms with Crippen molar-refractivity contribution in [2.24, 2.45) is 5.92 Å². The Kier molecular flexibility index (Phi) is 5.69. The third-order valence-corrected chi connectivity index (χ3v) is 2.22. The molecule has 0 aliphatic carbocycles. The van der Waals surface area contributed by atoms with Gasteiger partial charge in [-0.25, -0.2) is 0 Å². The van der Waals surface area contributed by atoms with Crippen molar-refractivity contribution in [1.82, 2.24) is 0 Å². The van der Waals surface area contributed by atoms with Crippen LogP contribution in [0.5, 0.6) is 0 Å². The molecule has 2 fully saturated rings. The van der Waals surface area contributed by atoms with E-state index in [0.29, 0.717) is 12.7 Å². The van der Waals surface area contributed by atoms with Gasteiger partial charge in [0.25, 0.3) is 0 Å². The largest absolute Gasteiger partial charge is 0.381 e. The second-order valence-electron chi connectivity index (χ2n) is 2.82. The molecule has 0 spiro atoms. The second kappa shape index (κ2) is 6.66. The fourth-order valence-corrected chi connectivity index (χ4v) is 1.24. The number of hydrogen-bond acceptors (Lipinski definition) is 3. The normalized spacial score (nSPS) is 28.2. The minimum Gasteiger partial charge on any atom is -0.381 e. The Hall–Kier alpha value is 0.170. The molecular formula is C8H15ClO3. The molecule has 0 saturated carbocycles. The van der Waals surface area contributed by atoms with Crippen molar-refractivity contribution in [3.63, 3.8) is 0 Å². The van der Waals surface area contributed by atoms with Gasteiger partial charge in [-0.05, 0) is 12.3 Å². The highest BCUT2D eigenvalue weighted by Gasteiger charge is 2.12. The Morgan fingerprint density at radius 2 is 1.83 bits per heavy atom. The third kappa shape index (κ3) is 4.26. The molecule has 0 N–H and O–H groups in total. The molecule has 1 atom stereocenters. The SMILES string of the molecule is C1COCO1.ClCC1CCOC1. The monoisotopic (exact) mass is 194 g/mol. The zero-order valence-corrected chi connectivity index (χ0v) is 7.89. The molecule has 0 aromatic heterocycles. The molecule has 0 bridgehead atoms. The van der Waals surface area contributed by atoms with Crippen LogP contribution in [-0.4, -0.2) is 39.1 Å². The van der Waals surface area contributed by atoms with Gasteiger partial charge in [-0.15, -0.1) is 11.6 Å². The molecule has 12 heavy (non-hydrogen) atoms. The van der Waals surface area contributed by atoms with Crippen molar-refractivity contribution in [1.29, 1.82) is 0 Å². The van der Waals surface area contributed by atoms with Gasteiger partial charge in [-0.2, -0.15) is 0 Å². The highest BCUT2D eigenvalue weighted by atomic mass is 35.5. The van der Waals surface area contributed by atoms with Crippen LogP contribution >= 0.6 is 11.6 Å². The van der Waals surface area contributed by atoms with Crippen molar-refractivity contribution in [3.8, 4) is 0 Å². The lowest BCUT2D eigenvalue weighted by atomic mass is 10.2. The first-order chi connectivity index (χ1) is 5.93. The van der Waals surface area contributed by atoms with Crippen LogP contribution in [0.1, 0.15) is 6.42 Å². The first kappa shape index (κ1) is 10.3. The first-order valence-electron chi connectivity index (χ1n) is 4.22. The Morgan fingerprint density at radius 3 is 2.08 bits per heavy atom. The molecule has 0 amide bonds. The van der Waals surface area contributed by atoms with E-state index in [4.69, 9.17) is 25.8 Å². The van der Waals surface area contributed by atoms with Crippen LogP contribution in [0, 0.1) is 5.92 Å². The first-order valence-corrected chi connectivity index (χ1v) is 4.76. The zero-order chi connectivity index (χ0) is 8.65. The van der Waals surface area contributed by atoms with E-state index < -0.39 is 0 Å². The lowest BCUT2D eigenvalue weighted by Gasteiger charge is -1.95. The van der Waals surface area contributed by atoms with E-state index in [1.165, 1.54) is 0 Å². The van der Waals surface area contributed by atoms with Crippen LogP contribution in [0.15, 0.2) is 0 Å². The van der Waals surface area contributed by atoms with Crippen molar-refractivity contribution in [2.75, 3.05) is 39.1 Å². The summed E-state index contributed by atoms with van der Waals surface area (Å²) in [6, 6.07) is 0. The minimum atomic E-state index is 0.500. The van der Waals surface area contributed by atoms with Crippen LogP contribution in [-0.2, 0) is 14.2 Å². The molecular weight excluding hydrogens is 180 g/mol. The summed E-state index contributed by atoms with van der Waals surface area (Å²) in [7, 11) is 0. The maximum atomic E-state index is 5.53. The lowest BCUT2D eigenvalue weighted by molar-refractivity contribution is 0.0692. The molecule has 0 aromatic rings. The summed E-state index contributed by atoms with van der Waals surface area (Å²) in [5, 5.41) is 0. The molecule has 0 radical (unpaired) electrons. The summed E-state index contributed by atoms with van der Waals surface area (Å²) in [4.78, 5) is 0. The molecule has 2 aliphatic heterocycles. The highest BCUT2D eigenvalue weighted by Crippen LogP contribution is 2.12. The van der Waals surface area contributed by atoms with E-state index in [0.717, 1.165) is 38.7 Å². The molecule has 2 aliphatic rings. The summed E-state index contributed by atoms with van der Waals surface area (Å²) in [6.45, 7) is 3.85. The van der Waals surface area contributed by atoms with Crippen molar-refractivity contribution in [2.45, 2.75) is 6.42 Å². The van der Waals surface area contributed by atoms with Crippen molar-refractivity contribution < 1.29 is 14.2 Å². The second-order valence-corrected chi connectivity index (χ2v) is 3.13. The van der Waals surface area contributed by atoms with E-state index in [2.05, 4.69) is 0 Å². The molecule has 2 rings (SSSR count). The Balaban J connectivity index is 0.000000127. The molecule has 72 valence electrons. The highest BCUT2D eigenvalue weighted by molar-refractivity contribution is 6.18. The molecule has 0 aromatic carbocycles. The van der Waals surface area contributed by atoms with E-state index in [-0.39, 0.29) is 0 Å². The zero-order valence-electron chi connectivity index (χ0n) is 7.13. The van der Waals surface area contributed by atoms with Gasteiger partial charge >= 0.3 is 0 Å². The topological polar surface area (TPSA) is 27.7 Å². The van der Waals surface area contributed by atoms with Crippen molar-refractivity contribution in [3.05, 3.63) is 0 Å². The van der Waals surface area contributed by atoms with Crippen LogP contribution in [0.3, 0.4) is 0 Å². The minimum absolute atomic E-state index is 0.500. The quantitative estimate of drug-likeness (QED) is 0.589. The van der Waals surface area contributed by atoms with E-state index in [9.17, 15) is 0 Å². The Bertz CT molecular complexity index is 92.9. The van der Waals surface area contributed by atoms with Gasteiger partial charge < -0.3 is 14.2 Å². The van der Waals surface area contributed by atoms with Gasteiger partial charge in [0.15, 0.2) is 0 Å². The molecule has 2 heterocycles. The predicted octanol–water partition coefficient (Wildman–Crippen LogP) is 1.25. The van der Waals surface area contributed by atoms with Crippen LogP contribution < -0.4 is 0 Å². The maximum Gasteiger partial charge on any atom is 0.146 e. The maximum absolute atomic E-state index is 5.53. The van der Waals surface area contributed by atoms with Gasteiger partial charge in [0.1, 0.15) is 6.79 Å². The van der Waals surface area contributed by atoms with Gasteiger partial charge in [0.2, 0.25) is 0 Å². The fourth-order valence-electron chi connectivity index (χ4n) is 1.000. The molecule has 1 unspecified atom stereocenters. The van der Waals surface area contributed by atoms with Gasteiger partial charge in [0, 0.05) is 12.5 Å². The van der Waals surface area contributed by atoms with Crippen molar-refractivity contribution >= 4 is 11.6 Å². The number of hydrogen-bond donors (Lipinski definition) is 0. The van der Waals surface area contributed by atoms with Gasteiger partial charge in [-0.1, -0.05) is 0 Å². The average Bonchev–Trinajstić information content (AvgIpc) is 2.81. The van der Waals surface area contributed by atoms with Gasteiger partial charge in [0.05, 0.1) is 19.8 Å². The summed E-state index contributed by atoms with van der Waals surface area (Å²) in [5.41, 5.74) is 0. The Morgan fingerprint density at radius 1 is 1.08 bits per heavy atom. The third-order valence-electron chi connectivity index (χ3n) is 1.78. The summed E-state index contributed by atoms with van der Waals surface area (Å²) in [6.07, 6.45) is 1.16. The van der Waals surface area contributed by atoms with Crippen LogP contribution in [0.2, 0.25) is 0 Å². The lowest BCUT2D eigenvalue weighted by Crippen LogP contribution is -1.98. The number of halogens is 1. The molecule has 2 saturated heterocycles. The summed E-state index contributed by atoms with van der Waals surface area (Å²) in [5.74, 6) is 1.40. The standard InChI is InChI=1S/C5H9ClO.C3H6O2/c6-3-5-1-2-7-4-5;1-2-5-3-4-1/h5H,1-4H2;1-3H2. The number of ether oxygens (including phenoxy) is 3. The summed E-state index contributed by atoms with van der Waals surface area (Å²) >= 11 is 5.53. The average molecular weight is 195 g/mol. The smallest absolute Gasteiger partial charge is 0.146 e. The van der Waals surface area contributed by atoms with E-state index in [1.807, 2.05) is 0 Å². The predicted molar refractivity (Wildman–Crippen MR) is 46.4 cm³/mol. The summed E-state index contributed by atoms with van der Waals surface area (Å²) < 4.78 is 14.5. The number of alkyl halides is 1. The van der Waals surface area contributed by atoms with E-state index >= 15 is 0 Å². The fraction of sp³-hybridized carbons (Fsp3) is 1.00. The molecule has 4 heteroatoms. The number of rotatable bonds is 1. The van der Waals surface area contributed by atoms with Crippen LogP contribution in [0.4, 0.5) is 0 Å². The molecule has 3 nitrogen and oxygen atoms in total. The Labute approximate surface area is 77.9 Å².